The Labute approximate surface area is 159 Å². The van der Waals surface area contributed by atoms with E-state index in [1.54, 1.807) is 6.07 Å². The predicted molar refractivity (Wildman–Crippen MR) is 103 cm³/mol. The van der Waals surface area contributed by atoms with Gasteiger partial charge in [-0.1, -0.05) is 13.8 Å². The smallest absolute Gasteiger partial charge is 0.296 e. The lowest BCUT2D eigenvalue weighted by atomic mass is 9.80. The molecule has 1 saturated heterocycles. The Balaban J connectivity index is 0.00000338. The molecule has 1 heterocycles. The summed E-state index contributed by atoms with van der Waals surface area (Å²) in [6.45, 7) is 6.56. The van der Waals surface area contributed by atoms with E-state index in [-0.39, 0.29) is 47.6 Å². The average Bonchev–Trinajstić information content (AvgIpc) is 2.56. The van der Waals surface area contributed by atoms with Crippen molar-refractivity contribution in [2.24, 2.45) is 11.1 Å². The Hall–Kier alpha value is -1.90. The molecular weight excluding hydrogens is 360 g/mol. The van der Waals surface area contributed by atoms with E-state index in [4.69, 9.17) is 10.5 Å². The number of nitro benzene ring substituents is 1. The molecule has 9 heteroatoms. The number of anilines is 1. The van der Waals surface area contributed by atoms with Crippen LogP contribution in [-0.4, -0.2) is 48.5 Å². The van der Waals surface area contributed by atoms with E-state index < -0.39 is 4.92 Å². The molecule has 1 unspecified atom stereocenters. The minimum absolute atomic E-state index is 0. The van der Waals surface area contributed by atoms with Crippen molar-refractivity contribution in [2.45, 2.75) is 32.7 Å². The molecule has 1 aromatic carbocycles. The van der Waals surface area contributed by atoms with Gasteiger partial charge in [0, 0.05) is 25.6 Å². The van der Waals surface area contributed by atoms with Crippen molar-refractivity contribution >= 4 is 29.7 Å². The molecule has 3 N–H and O–H groups in total. The average molecular weight is 387 g/mol. The predicted octanol–water partition coefficient (Wildman–Crippen LogP) is 2.41. The van der Waals surface area contributed by atoms with Gasteiger partial charge < -0.3 is 20.7 Å². The second kappa shape index (κ2) is 9.16. The summed E-state index contributed by atoms with van der Waals surface area (Å²) < 4.78 is 4.99. The zero-order valence-corrected chi connectivity index (χ0v) is 16.2. The van der Waals surface area contributed by atoms with Gasteiger partial charge in [-0.2, -0.15) is 0 Å². The van der Waals surface area contributed by atoms with Crippen LogP contribution in [-0.2, 0) is 4.79 Å². The molecule has 2 rings (SSSR count). The number of carbonyl (C=O) groups is 1. The maximum absolute atomic E-state index is 12.2. The molecule has 0 spiro atoms. The van der Waals surface area contributed by atoms with Crippen molar-refractivity contribution in [2.75, 3.05) is 32.1 Å². The van der Waals surface area contributed by atoms with Crippen LogP contribution in [0.1, 0.15) is 26.7 Å². The van der Waals surface area contributed by atoms with E-state index in [9.17, 15) is 14.9 Å². The first kappa shape index (κ1) is 22.1. The third-order valence-corrected chi connectivity index (χ3v) is 4.72. The summed E-state index contributed by atoms with van der Waals surface area (Å²) in [4.78, 5) is 25.0. The lowest BCUT2D eigenvalue weighted by Crippen LogP contribution is -2.52. The fourth-order valence-corrected chi connectivity index (χ4v) is 3.04. The molecule has 0 radical (unpaired) electrons. The van der Waals surface area contributed by atoms with Crippen LogP contribution in [0.5, 0.6) is 5.75 Å². The summed E-state index contributed by atoms with van der Waals surface area (Å²) in [7, 11) is 1.43. The van der Waals surface area contributed by atoms with Gasteiger partial charge in [-0.15, -0.1) is 12.4 Å². The molecule has 0 aromatic heterocycles. The number of carbonyl (C=O) groups excluding carboxylic acids is 1. The van der Waals surface area contributed by atoms with Crippen LogP contribution >= 0.6 is 12.4 Å². The van der Waals surface area contributed by atoms with E-state index in [2.05, 4.69) is 24.1 Å². The highest BCUT2D eigenvalue weighted by molar-refractivity contribution is 5.93. The van der Waals surface area contributed by atoms with Crippen molar-refractivity contribution in [3.8, 4) is 5.75 Å². The lowest BCUT2D eigenvalue weighted by molar-refractivity contribution is -0.384. The SMILES string of the molecule is COc1ccc(NC(=O)CCN2CCC(N)C(C)(C)C2)c([N+](=O)[O-])c1.Cl. The van der Waals surface area contributed by atoms with E-state index in [0.717, 1.165) is 19.5 Å². The molecular formula is C17H27ClN4O4. The normalized spacial score (nSPS) is 19.3. The number of halogens is 1. The number of hydrogen-bond donors (Lipinski definition) is 2. The molecule has 1 fully saturated rings. The molecule has 0 bridgehead atoms. The molecule has 0 saturated carbocycles. The summed E-state index contributed by atoms with van der Waals surface area (Å²) in [6, 6.07) is 4.53. The monoisotopic (exact) mass is 386 g/mol. The first-order chi connectivity index (χ1) is 11.7. The number of rotatable bonds is 6. The summed E-state index contributed by atoms with van der Waals surface area (Å²) in [5, 5.41) is 13.8. The Kier molecular flexibility index (Phi) is 7.80. The third kappa shape index (κ3) is 5.55. The number of nitro groups is 1. The second-order valence-electron chi connectivity index (χ2n) is 7.10. The van der Waals surface area contributed by atoms with Crippen molar-refractivity contribution in [3.63, 3.8) is 0 Å². The minimum atomic E-state index is -0.535. The number of benzene rings is 1. The highest BCUT2D eigenvalue weighted by atomic mass is 35.5. The number of hydrogen-bond acceptors (Lipinski definition) is 6. The fourth-order valence-electron chi connectivity index (χ4n) is 3.04. The zero-order valence-electron chi connectivity index (χ0n) is 15.4. The molecule has 1 amide bonds. The Morgan fingerprint density at radius 3 is 2.77 bits per heavy atom. The molecule has 1 aromatic rings. The topological polar surface area (TPSA) is 111 Å². The van der Waals surface area contributed by atoms with E-state index >= 15 is 0 Å². The van der Waals surface area contributed by atoms with Crippen molar-refractivity contribution in [3.05, 3.63) is 28.3 Å². The highest BCUT2D eigenvalue weighted by Crippen LogP contribution is 2.30. The number of piperidine rings is 1. The van der Waals surface area contributed by atoms with Crippen LogP contribution in [0.3, 0.4) is 0 Å². The van der Waals surface area contributed by atoms with Crippen LogP contribution < -0.4 is 15.8 Å². The number of amides is 1. The van der Waals surface area contributed by atoms with Crippen LogP contribution in [0, 0.1) is 15.5 Å². The first-order valence-electron chi connectivity index (χ1n) is 8.33. The molecule has 8 nitrogen and oxygen atoms in total. The van der Waals surface area contributed by atoms with Gasteiger partial charge in [0.2, 0.25) is 5.91 Å². The highest BCUT2D eigenvalue weighted by Gasteiger charge is 2.33. The molecule has 0 aliphatic carbocycles. The summed E-state index contributed by atoms with van der Waals surface area (Å²) in [5.74, 6) is 0.123. The number of nitrogens with two attached hydrogens (primary N) is 1. The van der Waals surface area contributed by atoms with Crippen LogP contribution in [0.4, 0.5) is 11.4 Å². The summed E-state index contributed by atoms with van der Waals surface area (Å²) in [6.07, 6.45) is 1.17. The quantitative estimate of drug-likeness (QED) is 0.573. The van der Waals surface area contributed by atoms with Crippen LogP contribution in [0.15, 0.2) is 18.2 Å². The Morgan fingerprint density at radius 2 is 2.19 bits per heavy atom. The molecule has 1 aliphatic heterocycles. The maximum Gasteiger partial charge on any atom is 0.296 e. The standard InChI is InChI=1S/C17H26N4O4.ClH/c1-17(2)11-20(8-6-15(17)18)9-7-16(22)19-13-5-4-12(25-3)10-14(13)21(23)24;/h4-5,10,15H,6-9,11,18H2,1-3H3,(H,19,22);1H. The van der Waals surface area contributed by atoms with E-state index in [1.807, 2.05) is 0 Å². The fraction of sp³-hybridized carbons (Fsp3) is 0.588. The van der Waals surface area contributed by atoms with Crippen LogP contribution in [0.2, 0.25) is 0 Å². The number of ether oxygens (including phenoxy) is 1. The van der Waals surface area contributed by atoms with Gasteiger partial charge in [-0.05, 0) is 30.5 Å². The van der Waals surface area contributed by atoms with Gasteiger partial charge in [0.05, 0.1) is 18.1 Å². The minimum Gasteiger partial charge on any atom is -0.496 e. The van der Waals surface area contributed by atoms with Gasteiger partial charge in [-0.25, -0.2) is 0 Å². The number of nitrogens with one attached hydrogen (secondary N) is 1. The maximum atomic E-state index is 12.2. The van der Waals surface area contributed by atoms with E-state index in [0.29, 0.717) is 12.3 Å². The van der Waals surface area contributed by atoms with Gasteiger partial charge in [-0.3, -0.25) is 14.9 Å². The summed E-state index contributed by atoms with van der Waals surface area (Å²) in [5.41, 5.74) is 6.13. The van der Waals surface area contributed by atoms with Crippen LogP contribution in [0.25, 0.3) is 0 Å². The van der Waals surface area contributed by atoms with Crippen molar-refractivity contribution < 1.29 is 14.5 Å². The van der Waals surface area contributed by atoms with E-state index in [1.165, 1.54) is 19.2 Å². The van der Waals surface area contributed by atoms with Gasteiger partial charge in [0.25, 0.3) is 5.69 Å². The number of methoxy groups -OCH3 is 1. The molecule has 146 valence electrons. The van der Waals surface area contributed by atoms with Crippen molar-refractivity contribution in [1.82, 2.24) is 4.90 Å². The Bertz CT molecular complexity index is 654. The third-order valence-electron chi connectivity index (χ3n) is 4.72. The Morgan fingerprint density at radius 1 is 1.50 bits per heavy atom. The zero-order chi connectivity index (χ0) is 18.6. The van der Waals surface area contributed by atoms with Gasteiger partial charge in [0.15, 0.2) is 0 Å². The van der Waals surface area contributed by atoms with Gasteiger partial charge in [0.1, 0.15) is 11.4 Å². The second-order valence-corrected chi connectivity index (χ2v) is 7.10. The largest absolute Gasteiger partial charge is 0.496 e. The number of nitrogens with zero attached hydrogens (tertiary/aromatic N) is 2. The summed E-state index contributed by atoms with van der Waals surface area (Å²) >= 11 is 0. The number of likely N-dealkylation sites (tertiary alicyclic amines) is 1. The van der Waals surface area contributed by atoms with Gasteiger partial charge >= 0.3 is 0 Å². The first-order valence-corrected chi connectivity index (χ1v) is 8.33. The van der Waals surface area contributed by atoms with Crippen molar-refractivity contribution in [1.29, 1.82) is 0 Å². The molecule has 1 atom stereocenters. The lowest BCUT2D eigenvalue weighted by Gasteiger charge is -2.42. The molecule has 26 heavy (non-hydrogen) atoms. The molecule has 1 aliphatic rings.